The second-order valence-electron chi connectivity index (χ2n) is 1.59. The second kappa shape index (κ2) is 2.40. The SMILES string of the molecule is ClC1(Cl)C[N]CCO1. The summed E-state index contributed by atoms with van der Waals surface area (Å²) in [7, 11) is 0. The van der Waals surface area contributed by atoms with E-state index in [0.29, 0.717) is 19.7 Å². The van der Waals surface area contributed by atoms with E-state index in [1.165, 1.54) is 0 Å². The van der Waals surface area contributed by atoms with Gasteiger partial charge in [0.25, 0.3) is 0 Å². The van der Waals surface area contributed by atoms with Crippen LogP contribution in [0.3, 0.4) is 0 Å². The van der Waals surface area contributed by atoms with Crippen LogP contribution in [0.15, 0.2) is 0 Å². The van der Waals surface area contributed by atoms with E-state index in [2.05, 4.69) is 5.32 Å². The minimum atomic E-state index is -1.04. The van der Waals surface area contributed by atoms with E-state index in [-0.39, 0.29) is 0 Å². The molecule has 47 valence electrons. The Labute approximate surface area is 58.1 Å². The van der Waals surface area contributed by atoms with Crippen molar-refractivity contribution in [3.63, 3.8) is 0 Å². The molecule has 0 N–H and O–H groups in total. The van der Waals surface area contributed by atoms with Gasteiger partial charge in [0.15, 0.2) is 0 Å². The van der Waals surface area contributed by atoms with Gasteiger partial charge in [0.1, 0.15) is 0 Å². The van der Waals surface area contributed by atoms with Crippen LogP contribution in [-0.2, 0) is 4.74 Å². The smallest absolute Gasteiger partial charge is 0.231 e. The highest BCUT2D eigenvalue weighted by Gasteiger charge is 2.27. The molecule has 0 atom stereocenters. The van der Waals surface area contributed by atoms with Gasteiger partial charge in [0.05, 0.1) is 13.2 Å². The highest BCUT2D eigenvalue weighted by atomic mass is 35.5. The fraction of sp³-hybridized carbons (Fsp3) is 1.00. The normalized spacial score (nSPS) is 27.8. The predicted molar refractivity (Wildman–Crippen MR) is 32.3 cm³/mol. The molecule has 2 nitrogen and oxygen atoms in total. The molecule has 1 rings (SSSR count). The van der Waals surface area contributed by atoms with E-state index in [1.807, 2.05) is 0 Å². The molecular formula is C4H6Cl2NO. The summed E-state index contributed by atoms with van der Waals surface area (Å²) in [6, 6.07) is 0. The average molecular weight is 155 g/mol. The quantitative estimate of drug-likeness (QED) is 0.473. The standard InChI is InChI=1S/C4H6Cl2NO/c5-4(6)3-7-1-2-8-4/h1-3H2. The molecule has 1 heterocycles. The Balaban J connectivity index is 2.33. The summed E-state index contributed by atoms with van der Waals surface area (Å²) >= 11 is 11.0. The Kier molecular flexibility index (Phi) is 1.98. The lowest BCUT2D eigenvalue weighted by atomic mass is 10.5. The van der Waals surface area contributed by atoms with Crippen molar-refractivity contribution < 1.29 is 4.74 Å². The first-order valence-corrected chi connectivity index (χ1v) is 3.11. The number of ether oxygens (including phenoxy) is 1. The third kappa shape index (κ3) is 1.78. The van der Waals surface area contributed by atoms with Crippen molar-refractivity contribution in [2.75, 3.05) is 19.7 Å². The van der Waals surface area contributed by atoms with Gasteiger partial charge in [0, 0.05) is 6.54 Å². The minimum absolute atomic E-state index is 0.385. The van der Waals surface area contributed by atoms with Crippen molar-refractivity contribution >= 4 is 23.2 Å². The monoisotopic (exact) mass is 154 g/mol. The van der Waals surface area contributed by atoms with Crippen LogP contribution in [0, 0.1) is 0 Å². The Morgan fingerprint density at radius 3 is 2.50 bits per heavy atom. The van der Waals surface area contributed by atoms with Gasteiger partial charge in [-0.05, 0) is 0 Å². The van der Waals surface area contributed by atoms with Gasteiger partial charge in [-0.25, -0.2) is 5.32 Å². The van der Waals surface area contributed by atoms with Crippen molar-refractivity contribution in [2.24, 2.45) is 0 Å². The molecule has 0 aromatic heterocycles. The summed E-state index contributed by atoms with van der Waals surface area (Å²) in [5.41, 5.74) is 0. The van der Waals surface area contributed by atoms with Crippen LogP contribution in [0.2, 0.25) is 0 Å². The fourth-order valence-corrected chi connectivity index (χ4v) is 0.838. The molecular weight excluding hydrogens is 149 g/mol. The Bertz CT molecular complexity index is 78.1. The first kappa shape index (κ1) is 6.62. The zero-order valence-corrected chi connectivity index (χ0v) is 5.74. The summed E-state index contributed by atoms with van der Waals surface area (Å²) in [4.78, 5) is 0. The third-order valence-corrected chi connectivity index (χ3v) is 1.32. The number of nitrogens with zero attached hydrogens (tertiary/aromatic N) is 1. The van der Waals surface area contributed by atoms with E-state index in [0.717, 1.165) is 0 Å². The first-order chi connectivity index (χ1) is 3.71. The van der Waals surface area contributed by atoms with Gasteiger partial charge in [-0.1, -0.05) is 23.2 Å². The molecule has 0 aromatic rings. The largest absolute Gasteiger partial charge is 0.344 e. The number of hydrogen-bond acceptors (Lipinski definition) is 1. The molecule has 1 fully saturated rings. The van der Waals surface area contributed by atoms with E-state index >= 15 is 0 Å². The van der Waals surface area contributed by atoms with Crippen molar-refractivity contribution in [1.82, 2.24) is 5.32 Å². The van der Waals surface area contributed by atoms with Crippen molar-refractivity contribution in [3.05, 3.63) is 0 Å². The summed E-state index contributed by atoms with van der Waals surface area (Å²) in [5, 5.41) is 3.94. The Morgan fingerprint density at radius 2 is 2.25 bits per heavy atom. The molecule has 0 amide bonds. The van der Waals surface area contributed by atoms with Crippen LogP contribution in [0.1, 0.15) is 0 Å². The van der Waals surface area contributed by atoms with Crippen LogP contribution >= 0.6 is 23.2 Å². The number of halogens is 2. The maximum Gasteiger partial charge on any atom is 0.231 e. The Morgan fingerprint density at radius 1 is 1.50 bits per heavy atom. The Hall–Kier alpha value is 0.500. The summed E-state index contributed by atoms with van der Waals surface area (Å²) < 4.78 is 3.86. The maximum atomic E-state index is 5.52. The van der Waals surface area contributed by atoms with E-state index in [9.17, 15) is 0 Å². The highest BCUT2D eigenvalue weighted by Crippen LogP contribution is 2.23. The van der Waals surface area contributed by atoms with Gasteiger partial charge >= 0.3 is 0 Å². The topological polar surface area (TPSA) is 23.3 Å². The summed E-state index contributed by atoms with van der Waals surface area (Å²) in [6.45, 7) is 1.63. The van der Waals surface area contributed by atoms with Crippen LogP contribution in [0.5, 0.6) is 0 Å². The van der Waals surface area contributed by atoms with Crippen LogP contribution in [0.4, 0.5) is 0 Å². The van der Waals surface area contributed by atoms with Gasteiger partial charge in [-0.2, -0.15) is 0 Å². The van der Waals surface area contributed by atoms with Gasteiger partial charge < -0.3 is 4.74 Å². The third-order valence-electron chi connectivity index (χ3n) is 0.859. The molecule has 1 aliphatic rings. The molecule has 0 bridgehead atoms. The zero-order chi connectivity index (χ0) is 6.04. The molecule has 8 heavy (non-hydrogen) atoms. The number of alkyl halides is 2. The van der Waals surface area contributed by atoms with E-state index in [4.69, 9.17) is 27.9 Å². The summed E-state index contributed by atoms with van der Waals surface area (Å²) in [6.07, 6.45) is 0. The maximum absolute atomic E-state index is 5.52. The number of morpholine rings is 1. The van der Waals surface area contributed by atoms with E-state index < -0.39 is 4.52 Å². The number of hydrogen-bond donors (Lipinski definition) is 0. The van der Waals surface area contributed by atoms with Crippen molar-refractivity contribution in [3.8, 4) is 0 Å². The molecule has 1 radical (unpaired) electrons. The van der Waals surface area contributed by atoms with Gasteiger partial charge in [-0.15, -0.1) is 0 Å². The van der Waals surface area contributed by atoms with Crippen molar-refractivity contribution in [2.45, 2.75) is 4.52 Å². The second-order valence-corrected chi connectivity index (χ2v) is 3.01. The summed E-state index contributed by atoms with van der Waals surface area (Å²) in [5.74, 6) is 0. The van der Waals surface area contributed by atoms with Gasteiger partial charge in [-0.3, -0.25) is 0 Å². The molecule has 0 unspecified atom stereocenters. The lowest BCUT2D eigenvalue weighted by Crippen LogP contribution is -2.37. The number of rotatable bonds is 0. The lowest BCUT2D eigenvalue weighted by molar-refractivity contribution is 0.0503. The lowest BCUT2D eigenvalue weighted by Gasteiger charge is -2.24. The fourth-order valence-electron chi connectivity index (χ4n) is 0.514. The van der Waals surface area contributed by atoms with Gasteiger partial charge in [0.2, 0.25) is 4.52 Å². The minimum Gasteiger partial charge on any atom is -0.344 e. The molecule has 0 saturated carbocycles. The molecule has 0 spiro atoms. The zero-order valence-electron chi connectivity index (χ0n) is 4.23. The van der Waals surface area contributed by atoms with Crippen molar-refractivity contribution in [1.29, 1.82) is 0 Å². The molecule has 1 aliphatic heterocycles. The molecule has 0 aliphatic carbocycles. The molecule has 0 aromatic carbocycles. The van der Waals surface area contributed by atoms with Crippen LogP contribution in [0.25, 0.3) is 0 Å². The van der Waals surface area contributed by atoms with Crippen LogP contribution < -0.4 is 5.32 Å². The molecule has 1 saturated heterocycles. The first-order valence-electron chi connectivity index (χ1n) is 2.36. The average Bonchev–Trinajstić information content (AvgIpc) is 1.65. The highest BCUT2D eigenvalue weighted by molar-refractivity contribution is 6.47. The predicted octanol–water partition coefficient (Wildman–Crippen LogP) is 0.752. The van der Waals surface area contributed by atoms with E-state index in [1.54, 1.807) is 0 Å². The molecule has 4 heteroatoms. The van der Waals surface area contributed by atoms with Crippen LogP contribution in [-0.4, -0.2) is 24.2 Å².